The molecule has 0 fully saturated rings. The fraction of sp³-hybridized carbons (Fsp3) is 0.167. The number of rotatable bonds is 4. The average Bonchev–Trinajstić information content (AvgIpc) is 2.96. The van der Waals surface area contributed by atoms with Crippen molar-refractivity contribution in [1.82, 2.24) is 0 Å². The van der Waals surface area contributed by atoms with Gasteiger partial charge >= 0.3 is 0 Å². The molecule has 1 atom stereocenters. The van der Waals surface area contributed by atoms with E-state index < -0.39 is 15.9 Å². The Bertz CT molecular complexity index is 922. The van der Waals surface area contributed by atoms with Gasteiger partial charge in [0.2, 0.25) is 0 Å². The molecule has 5 nitrogen and oxygen atoms in total. The third kappa shape index (κ3) is 3.70. The summed E-state index contributed by atoms with van der Waals surface area (Å²) in [6.45, 7) is 0. The zero-order chi connectivity index (χ0) is 18.0. The Morgan fingerprint density at radius 3 is 2.44 bits per heavy atom. The Morgan fingerprint density at radius 1 is 1.16 bits per heavy atom. The van der Waals surface area contributed by atoms with Gasteiger partial charge in [0.15, 0.2) is 9.84 Å². The molecule has 7 heteroatoms. The molecule has 1 amide bonds. The van der Waals surface area contributed by atoms with Crippen LogP contribution >= 0.6 is 11.6 Å². The fourth-order valence-corrected chi connectivity index (χ4v) is 4.13. The summed E-state index contributed by atoms with van der Waals surface area (Å²) in [5, 5.41) is 1.68. The number of carbonyl (C=O) groups is 1. The van der Waals surface area contributed by atoms with Gasteiger partial charge in [-0.2, -0.15) is 0 Å². The number of benzene rings is 2. The fourth-order valence-electron chi connectivity index (χ4n) is 2.73. The molecule has 0 aliphatic carbocycles. The Balaban J connectivity index is 2.06. The average molecular weight is 378 g/mol. The van der Waals surface area contributed by atoms with E-state index in [4.69, 9.17) is 16.3 Å². The van der Waals surface area contributed by atoms with Crippen molar-refractivity contribution in [2.24, 2.45) is 0 Å². The van der Waals surface area contributed by atoms with Crippen molar-refractivity contribution in [2.75, 3.05) is 17.8 Å². The summed E-state index contributed by atoms with van der Waals surface area (Å²) in [6, 6.07) is 12.9. The van der Waals surface area contributed by atoms with Gasteiger partial charge in [-0.15, -0.1) is 0 Å². The maximum atomic E-state index is 13.2. The molecule has 0 N–H and O–H groups in total. The van der Waals surface area contributed by atoms with Crippen molar-refractivity contribution in [3.05, 3.63) is 70.6 Å². The van der Waals surface area contributed by atoms with Gasteiger partial charge in [0, 0.05) is 16.1 Å². The molecule has 1 aliphatic rings. The molecule has 0 radical (unpaired) electrons. The van der Waals surface area contributed by atoms with Crippen LogP contribution in [0.15, 0.2) is 60.0 Å². The molecule has 0 bridgehead atoms. The normalized spacial score (nSPS) is 18.1. The topological polar surface area (TPSA) is 63.7 Å². The first-order chi connectivity index (χ1) is 11.9. The molecule has 2 aromatic rings. The lowest BCUT2D eigenvalue weighted by Gasteiger charge is -2.28. The summed E-state index contributed by atoms with van der Waals surface area (Å²) in [5.74, 6) is -0.0703. The zero-order valence-electron chi connectivity index (χ0n) is 13.4. The minimum Gasteiger partial charge on any atom is -0.496 e. The number of carbonyl (C=O) groups excluding carboxylic acids is 1. The summed E-state index contributed by atoms with van der Waals surface area (Å²) in [4.78, 5) is 14.6. The van der Waals surface area contributed by atoms with Crippen LogP contribution in [0.25, 0.3) is 0 Å². The number of para-hydroxylation sites is 1. The Kier molecular flexibility index (Phi) is 4.83. The molecule has 130 valence electrons. The molecule has 1 heterocycles. The smallest absolute Gasteiger partial charge is 0.262 e. The Labute approximate surface area is 151 Å². The number of amides is 1. The van der Waals surface area contributed by atoms with Crippen LogP contribution in [-0.2, 0) is 9.84 Å². The molecule has 0 spiro atoms. The number of methoxy groups -OCH3 is 1. The van der Waals surface area contributed by atoms with Crippen molar-refractivity contribution in [3.8, 4) is 5.75 Å². The van der Waals surface area contributed by atoms with Crippen LogP contribution in [0.2, 0.25) is 5.02 Å². The third-order valence-electron chi connectivity index (χ3n) is 3.90. The molecule has 0 aromatic heterocycles. The first kappa shape index (κ1) is 17.5. The van der Waals surface area contributed by atoms with Crippen molar-refractivity contribution in [1.29, 1.82) is 0 Å². The minimum atomic E-state index is -3.32. The largest absolute Gasteiger partial charge is 0.496 e. The second kappa shape index (κ2) is 6.90. The van der Waals surface area contributed by atoms with Gasteiger partial charge in [-0.05, 0) is 42.5 Å². The maximum Gasteiger partial charge on any atom is 0.262 e. The lowest BCUT2D eigenvalue weighted by atomic mass is 10.1. The van der Waals surface area contributed by atoms with Gasteiger partial charge in [0.05, 0.1) is 24.5 Å². The second-order valence-corrected chi connectivity index (χ2v) is 7.94. The number of hydrogen-bond acceptors (Lipinski definition) is 4. The summed E-state index contributed by atoms with van der Waals surface area (Å²) < 4.78 is 29.0. The summed E-state index contributed by atoms with van der Waals surface area (Å²) in [7, 11) is -1.84. The number of sulfone groups is 1. The highest BCUT2D eigenvalue weighted by molar-refractivity contribution is 7.94. The summed E-state index contributed by atoms with van der Waals surface area (Å²) >= 11 is 5.93. The molecule has 25 heavy (non-hydrogen) atoms. The number of halogens is 1. The Hall–Kier alpha value is -2.31. The van der Waals surface area contributed by atoms with Gasteiger partial charge in [0.1, 0.15) is 5.75 Å². The summed E-state index contributed by atoms with van der Waals surface area (Å²) in [6.07, 6.45) is 1.53. The Morgan fingerprint density at radius 2 is 1.84 bits per heavy atom. The van der Waals surface area contributed by atoms with Crippen molar-refractivity contribution in [3.63, 3.8) is 0 Å². The van der Waals surface area contributed by atoms with Crippen LogP contribution in [0.1, 0.15) is 10.4 Å². The molecule has 0 saturated carbocycles. The van der Waals surface area contributed by atoms with Gasteiger partial charge < -0.3 is 9.64 Å². The monoisotopic (exact) mass is 377 g/mol. The summed E-state index contributed by atoms with van der Waals surface area (Å²) in [5.41, 5.74) is 0.921. The first-order valence-corrected chi connectivity index (χ1v) is 9.64. The van der Waals surface area contributed by atoms with E-state index in [0.29, 0.717) is 22.0 Å². The van der Waals surface area contributed by atoms with Crippen LogP contribution in [0.3, 0.4) is 0 Å². The van der Waals surface area contributed by atoms with E-state index >= 15 is 0 Å². The molecular weight excluding hydrogens is 362 g/mol. The zero-order valence-corrected chi connectivity index (χ0v) is 15.0. The first-order valence-electron chi connectivity index (χ1n) is 7.54. The second-order valence-electron chi connectivity index (χ2n) is 5.58. The predicted octanol–water partition coefficient (Wildman–Crippen LogP) is 3.31. The molecule has 0 unspecified atom stereocenters. The number of ether oxygens (including phenoxy) is 1. The SMILES string of the molecule is COc1ccccc1C(=O)N(c1ccc(Cl)cc1)[C@H]1C=CS(=O)(=O)C1. The molecule has 3 rings (SSSR count). The van der Waals surface area contributed by atoms with Gasteiger partial charge in [-0.3, -0.25) is 4.79 Å². The van der Waals surface area contributed by atoms with Crippen molar-refractivity contribution < 1.29 is 17.9 Å². The number of hydrogen-bond donors (Lipinski definition) is 0. The number of nitrogens with zero attached hydrogens (tertiary/aromatic N) is 1. The van der Waals surface area contributed by atoms with E-state index in [1.54, 1.807) is 48.5 Å². The van der Waals surface area contributed by atoms with E-state index in [2.05, 4.69) is 0 Å². The molecule has 0 saturated heterocycles. The minimum absolute atomic E-state index is 0.156. The van der Waals surface area contributed by atoms with Gasteiger partial charge in [-0.1, -0.05) is 23.7 Å². The van der Waals surface area contributed by atoms with E-state index in [9.17, 15) is 13.2 Å². The highest BCUT2D eigenvalue weighted by Gasteiger charge is 2.33. The van der Waals surface area contributed by atoms with Crippen LogP contribution in [0.5, 0.6) is 5.75 Å². The van der Waals surface area contributed by atoms with Crippen molar-refractivity contribution in [2.45, 2.75) is 6.04 Å². The predicted molar refractivity (Wildman–Crippen MR) is 98.0 cm³/mol. The van der Waals surface area contributed by atoms with E-state index in [1.807, 2.05) is 0 Å². The van der Waals surface area contributed by atoms with Crippen LogP contribution in [0.4, 0.5) is 5.69 Å². The molecule has 2 aromatic carbocycles. The lowest BCUT2D eigenvalue weighted by Crippen LogP contribution is -2.41. The van der Waals surface area contributed by atoms with Crippen molar-refractivity contribution >= 4 is 33.0 Å². The van der Waals surface area contributed by atoms with Crippen LogP contribution in [-0.4, -0.2) is 33.2 Å². The standard InChI is InChI=1S/C18H16ClNO4S/c1-24-17-5-3-2-4-16(17)18(21)20(14-8-6-13(19)7-9-14)15-10-11-25(22,23)12-15/h2-11,15H,12H2,1H3/t15-/m0/s1. The van der Waals surface area contributed by atoms with Gasteiger partial charge in [-0.25, -0.2) is 8.42 Å². The van der Waals surface area contributed by atoms with E-state index in [-0.39, 0.29) is 11.7 Å². The third-order valence-corrected chi connectivity index (χ3v) is 5.53. The highest BCUT2D eigenvalue weighted by atomic mass is 35.5. The van der Waals surface area contributed by atoms with Gasteiger partial charge in [0.25, 0.3) is 5.91 Å². The molecule has 1 aliphatic heterocycles. The van der Waals surface area contributed by atoms with Crippen LogP contribution < -0.4 is 9.64 Å². The lowest BCUT2D eigenvalue weighted by molar-refractivity contribution is 0.0980. The van der Waals surface area contributed by atoms with Crippen LogP contribution in [0, 0.1) is 0 Å². The number of anilines is 1. The maximum absolute atomic E-state index is 13.2. The molecular formula is C18H16ClNO4S. The van der Waals surface area contributed by atoms with E-state index in [0.717, 1.165) is 5.41 Å². The highest BCUT2D eigenvalue weighted by Crippen LogP contribution is 2.28. The van der Waals surface area contributed by atoms with E-state index in [1.165, 1.54) is 18.1 Å². The quantitative estimate of drug-likeness (QED) is 0.820.